The van der Waals surface area contributed by atoms with Crippen molar-refractivity contribution in [2.45, 2.75) is 13.8 Å². The second kappa shape index (κ2) is 23.6. The molecule has 0 unspecified atom stereocenters. The van der Waals surface area contributed by atoms with Crippen molar-refractivity contribution in [1.29, 1.82) is 0 Å². The van der Waals surface area contributed by atoms with Crippen molar-refractivity contribution >= 4 is 9.17 Å². The lowest BCUT2D eigenvalue weighted by Crippen LogP contribution is -1.90. The molecular formula is C4H16N2O3Si. The molecule has 64 valence electrons. The maximum atomic E-state index is 8.74. The van der Waals surface area contributed by atoms with Crippen molar-refractivity contribution in [2.75, 3.05) is 13.1 Å². The molecule has 0 aliphatic heterocycles. The van der Waals surface area contributed by atoms with Gasteiger partial charge in [-0.25, -0.2) is 0 Å². The Hall–Kier alpha value is -0.463. The molecule has 10 heavy (non-hydrogen) atoms. The molecular weight excluding hydrogens is 152 g/mol. The first kappa shape index (κ1) is 16.3. The number of hydrogen-bond donors (Lipinski definition) is 4. The van der Waals surface area contributed by atoms with Crippen molar-refractivity contribution in [3.63, 3.8) is 0 Å². The van der Waals surface area contributed by atoms with E-state index in [1.807, 2.05) is 13.8 Å². The van der Waals surface area contributed by atoms with E-state index in [9.17, 15) is 0 Å². The van der Waals surface area contributed by atoms with E-state index in [2.05, 4.69) is 0 Å². The topological polar surface area (TPSA) is 110 Å². The van der Waals surface area contributed by atoms with Crippen molar-refractivity contribution in [3.8, 4) is 0 Å². The van der Waals surface area contributed by atoms with Crippen LogP contribution in [0.15, 0.2) is 0 Å². The van der Waals surface area contributed by atoms with E-state index in [1.54, 1.807) is 0 Å². The van der Waals surface area contributed by atoms with E-state index in [-0.39, 0.29) is 0 Å². The highest BCUT2D eigenvalue weighted by molar-refractivity contribution is 6.22. The predicted octanol–water partition coefficient (Wildman–Crippen LogP) is -1.68. The molecule has 0 heterocycles. The summed E-state index contributed by atoms with van der Waals surface area (Å²) in [4.78, 5) is 14.3. The molecule has 0 aliphatic carbocycles. The Bertz CT molecular complexity index is 56.5. The molecule has 0 radical (unpaired) electrons. The number of nitrogens with two attached hydrogens (primary N) is 2. The minimum absolute atomic E-state index is 0.750. The molecule has 0 saturated carbocycles. The van der Waals surface area contributed by atoms with Gasteiger partial charge in [0.2, 0.25) is 0 Å². The molecule has 0 aliphatic rings. The zero-order valence-corrected chi connectivity index (χ0v) is 7.37. The van der Waals surface area contributed by atoms with Crippen LogP contribution in [0, 0.1) is 0 Å². The van der Waals surface area contributed by atoms with Crippen LogP contribution in [0.5, 0.6) is 0 Å². The van der Waals surface area contributed by atoms with Gasteiger partial charge in [0.1, 0.15) is 0 Å². The second-order valence-corrected chi connectivity index (χ2v) is 1.66. The van der Waals surface area contributed by atoms with Crippen LogP contribution in [0.1, 0.15) is 13.8 Å². The number of hydrogen-bond acceptors (Lipinski definition) is 3. The SMILES string of the molecule is CCN.CCN.O=[Si](O)O. The van der Waals surface area contributed by atoms with Crippen molar-refractivity contribution in [1.82, 2.24) is 0 Å². The quantitative estimate of drug-likeness (QED) is 0.323. The van der Waals surface area contributed by atoms with Gasteiger partial charge in [-0.3, -0.25) is 4.46 Å². The second-order valence-electron chi connectivity index (χ2n) is 1.10. The largest absolute Gasteiger partial charge is 0.761 e. The van der Waals surface area contributed by atoms with Gasteiger partial charge in [-0.15, -0.1) is 0 Å². The predicted molar refractivity (Wildman–Crippen MR) is 40.3 cm³/mol. The Morgan fingerprint density at radius 3 is 1.20 bits per heavy atom. The van der Waals surface area contributed by atoms with Crippen LogP contribution in [0.25, 0.3) is 0 Å². The summed E-state index contributed by atoms with van der Waals surface area (Å²) in [7, 11) is -3.13. The van der Waals surface area contributed by atoms with Crippen LogP contribution < -0.4 is 11.5 Å². The van der Waals surface area contributed by atoms with Crippen molar-refractivity contribution in [2.24, 2.45) is 11.5 Å². The van der Waals surface area contributed by atoms with Gasteiger partial charge in [0.25, 0.3) is 0 Å². The average molecular weight is 168 g/mol. The Morgan fingerprint density at radius 1 is 1.20 bits per heavy atom. The molecule has 5 nitrogen and oxygen atoms in total. The Labute approximate surface area is 62.6 Å². The lowest BCUT2D eigenvalue weighted by atomic mass is 10.8. The smallest absolute Gasteiger partial charge is 0.511 e. The Morgan fingerprint density at radius 2 is 1.20 bits per heavy atom. The third-order valence-electron chi connectivity index (χ3n) is 0. The third kappa shape index (κ3) is 1500. The molecule has 0 aromatic rings. The van der Waals surface area contributed by atoms with Crippen LogP contribution in [-0.4, -0.2) is 31.9 Å². The maximum Gasteiger partial charge on any atom is 0.761 e. The molecule has 0 aromatic carbocycles. The Kier molecular flexibility index (Phi) is 38.3. The third-order valence-corrected chi connectivity index (χ3v) is 0. The minimum Gasteiger partial charge on any atom is -0.511 e. The highest BCUT2D eigenvalue weighted by Gasteiger charge is 1.85. The summed E-state index contributed by atoms with van der Waals surface area (Å²) in [6, 6.07) is 0. The van der Waals surface area contributed by atoms with Gasteiger partial charge in [-0.1, -0.05) is 13.8 Å². The molecule has 0 spiro atoms. The van der Waals surface area contributed by atoms with E-state index in [4.69, 9.17) is 25.5 Å². The summed E-state index contributed by atoms with van der Waals surface area (Å²) in [5.74, 6) is 0. The molecule has 6 heteroatoms. The lowest BCUT2D eigenvalue weighted by molar-refractivity contribution is 0.330. The van der Waals surface area contributed by atoms with E-state index in [0.29, 0.717) is 0 Å². The van der Waals surface area contributed by atoms with Crippen LogP contribution in [0.2, 0.25) is 0 Å². The summed E-state index contributed by atoms with van der Waals surface area (Å²) in [6.07, 6.45) is 0. The normalized spacial score (nSPS) is 6.00. The highest BCUT2D eigenvalue weighted by Crippen LogP contribution is 1.27. The van der Waals surface area contributed by atoms with Crippen LogP contribution in [0.3, 0.4) is 0 Å². The summed E-state index contributed by atoms with van der Waals surface area (Å²) >= 11 is 0. The monoisotopic (exact) mass is 168 g/mol. The molecule has 0 amide bonds. The zero-order valence-electron chi connectivity index (χ0n) is 6.37. The van der Waals surface area contributed by atoms with Crippen molar-refractivity contribution < 1.29 is 14.1 Å². The molecule has 0 rings (SSSR count). The average Bonchev–Trinajstić information content (AvgIpc) is 1.65. The van der Waals surface area contributed by atoms with Crippen molar-refractivity contribution in [3.05, 3.63) is 0 Å². The fourth-order valence-corrected chi connectivity index (χ4v) is 0. The van der Waals surface area contributed by atoms with E-state index in [0.717, 1.165) is 13.1 Å². The zero-order chi connectivity index (χ0) is 8.99. The first-order chi connectivity index (χ1) is 4.56. The summed E-state index contributed by atoms with van der Waals surface area (Å²) in [6.45, 7) is 5.31. The first-order valence-corrected chi connectivity index (χ1v) is 4.18. The van der Waals surface area contributed by atoms with Gasteiger partial charge in [-0.05, 0) is 13.1 Å². The van der Waals surface area contributed by atoms with Crippen LogP contribution in [-0.2, 0) is 4.46 Å². The fraction of sp³-hybridized carbons (Fsp3) is 1.00. The number of rotatable bonds is 0. The first-order valence-electron chi connectivity index (χ1n) is 2.88. The minimum atomic E-state index is -3.13. The van der Waals surface area contributed by atoms with E-state index >= 15 is 0 Å². The lowest BCUT2D eigenvalue weighted by Gasteiger charge is -1.55. The maximum absolute atomic E-state index is 8.74. The fourth-order valence-electron chi connectivity index (χ4n) is 0. The molecule has 0 fully saturated rings. The highest BCUT2D eigenvalue weighted by atomic mass is 28.3. The molecule has 0 aromatic heterocycles. The van der Waals surface area contributed by atoms with E-state index in [1.165, 1.54) is 0 Å². The van der Waals surface area contributed by atoms with E-state index < -0.39 is 9.17 Å². The van der Waals surface area contributed by atoms with Gasteiger partial charge < -0.3 is 21.1 Å². The van der Waals surface area contributed by atoms with Gasteiger partial charge in [0.15, 0.2) is 0 Å². The summed E-state index contributed by atoms with van der Waals surface area (Å²) < 4.78 is 8.74. The molecule has 0 saturated heterocycles. The van der Waals surface area contributed by atoms with Gasteiger partial charge in [0.05, 0.1) is 0 Å². The molecule has 0 bridgehead atoms. The Balaban J connectivity index is -0.0000000750. The molecule has 6 N–H and O–H groups in total. The standard InChI is InChI=1S/2C2H7N.H2O3Si/c2*1-2-3;1-4(2)3/h2*2-3H2,1H3;1-2H. The summed E-state index contributed by atoms with van der Waals surface area (Å²) in [5.41, 5.74) is 9.69. The molecule has 0 atom stereocenters. The van der Waals surface area contributed by atoms with Gasteiger partial charge in [-0.2, -0.15) is 0 Å². The van der Waals surface area contributed by atoms with Crippen LogP contribution in [0.4, 0.5) is 0 Å². The van der Waals surface area contributed by atoms with Gasteiger partial charge in [0, 0.05) is 0 Å². The van der Waals surface area contributed by atoms with Gasteiger partial charge >= 0.3 is 9.17 Å². The van der Waals surface area contributed by atoms with Crippen LogP contribution >= 0.6 is 0 Å². The summed E-state index contributed by atoms with van der Waals surface area (Å²) in [5, 5.41) is 0.